The van der Waals surface area contributed by atoms with E-state index in [1.807, 2.05) is 40.7 Å². The Kier molecular flexibility index (Phi) is 11.7. The van der Waals surface area contributed by atoms with Crippen LogP contribution in [0.1, 0.15) is 114 Å². The van der Waals surface area contributed by atoms with Gasteiger partial charge in [0, 0.05) is 49.5 Å². The van der Waals surface area contributed by atoms with Crippen molar-refractivity contribution in [3.05, 3.63) is 81.4 Å². The van der Waals surface area contributed by atoms with E-state index in [0.717, 1.165) is 122 Å². The summed E-state index contributed by atoms with van der Waals surface area (Å²) in [5.41, 5.74) is 9.89. The van der Waals surface area contributed by atoms with Crippen LogP contribution >= 0.6 is 0 Å². The highest BCUT2D eigenvalue weighted by Gasteiger charge is 2.38. The molecule has 1 aromatic heterocycles. The van der Waals surface area contributed by atoms with Crippen molar-refractivity contribution in [3.8, 4) is 11.1 Å². The number of aryl methyl sites for hydroxylation is 2. The van der Waals surface area contributed by atoms with Crippen molar-refractivity contribution < 1.29 is 23.5 Å². The van der Waals surface area contributed by atoms with Crippen LogP contribution in [0.25, 0.3) is 11.1 Å². The summed E-state index contributed by atoms with van der Waals surface area (Å²) >= 11 is 0. The van der Waals surface area contributed by atoms with Crippen molar-refractivity contribution in [2.24, 2.45) is 5.41 Å². The molecule has 1 saturated heterocycles. The van der Waals surface area contributed by atoms with Gasteiger partial charge in [0.05, 0.1) is 30.9 Å². The number of rotatable bonds is 12. The minimum absolute atomic E-state index is 0.193. The molecule has 2 aliphatic heterocycles. The first-order valence-electron chi connectivity index (χ1n) is 19.1. The number of quaternary nitrogens is 1. The van der Waals surface area contributed by atoms with E-state index in [-0.39, 0.29) is 11.2 Å². The SMILES string of the molecule is CC[N+](CC)(CC)Cc1nc(C)c(C(OC(C)(C)C)C(=O)O)c(N2CCC(C)(C)CC2)c1-c1ccc2c(c1)CCN(Cc1ccc(F)cc1C)C2. The Balaban J connectivity index is 1.69. The van der Waals surface area contributed by atoms with E-state index in [9.17, 15) is 14.3 Å². The number of aromatic nitrogens is 1. The molecule has 0 radical (unpaired) electrons. The molecular weight excluding hydrogens is 639 g/mol. The summed E-state index contributed by atoms with van der Waals surface area (Å²) < 4.78 is 21.1. The van der Waals surface area contributed by atoms with Crippen LogP contribution in [0.5, 0.6) is 0 Å². The van der Waals surface area contributed by atoms with Gasteiger partial charge in [0.2, 0.25) is 0 Å². The highest BCUT2D eigenvalue weighted by atomic mass is 19.1. The lowest BCUT2D eigenvalue weighted by atomic mass is 9.81. The quantitative estimate of drug-likeness (QED) is 0.190. The number of hydrogen-bond acceptors (Lipinski definition) is 5. The molecular formula is C43H62FN4O3+. The molecule has 7 nitrogen and oxygen atoms in total. The van der Waals surface area contributed by atoms with Crippen molar-refractivity contribution in [2.75, 3.05) is 44.2 Å². The number of nitrogens with zero attached hydrogens (tertiary/aromatic N) is 4. The van der Waals surface area contributed by atoms with Gasteiger partial charge in [-0.05, 0) is 120 Å². The first kappa shape index (κ1) is 38.9. The minimum Gasteiger partial charge on any atom is -0.479 e. The molecule has 3 heterocycles. The molecule has 5 rings (SSSR count). The van der Waals surface area contributed by atoms with Crippen LogP contribution in [0.15, 0.2) is 36.4 Å². The van der Waals surface area contributed by atoms with Crippen LogP contribution in [-0.4, -0.2) is 70.3 Å². The number of carboxylic acid groups (broad SMARTS) is 1. The van der Waals surface area contributed by atoms with Crippen molar-refractivity contribution in [1.82, 2.24) is 9.88 Å². The zero-order valence-electron chi connectivity index (χ0n) is 33.0. The molecule has 2 aliphatic rings. The molecule has 0 aliphatic carbocycles. The number of hydrogen-bond donors (Lipinski definition) is 1. The number of carbonyl (C=O) groups is 1. The molecule has 1 unspecified atom stereocenters. The predicted octanol–water partition coefficient (Wildman–Crippen LogP) is 9.01. The van der Waals surface area contributed by atoms with Gasteiger partial charge in [-0.3, -0.25) is 9.88 Å². The number of piperidine rings is 1. The summed E-state index contributed by atoms with van der Waals surface area (Å²) in [6.07, 6.45) is 1.79. The maximum Gasteiger partial charge on any atom is 0.337 e. The average Bonchev–Trinajstić information content (AvgIpc) is 3.07. The maximum absolute atomic E-state index is 13.8. The Labute approximate surface area is 306 Å². The lowest BCUT2D eigenvalue weighted by Crippen LogP contribution is -2.47. The Morgan fingerprint density at radius 2 is 1.67 bits per heavy atom. The predicted molar refractivity (Wildman–Crippen MR) is 205 cm³/mol. The zero-order chi connectivity index (χ0) is 37.3. The van der Waals surface area contributed by atoms with Crippen LogP contribution in [0.2, 0.25) is 0 Å². The van der Waals surface area contributed by atoms with Crippen LogP contribution < -0.4 is 4.90 Å². The Hall–Kier alpha value is -3.33. The van der Waals surface area contributed by atoms with Crippen LogP contribution in [0.3, 0.4) is 0 Å². The van der Waals surface area contributed by atoms with Gasteiger partial charge < -0.3 is 19.2 Å². The molecule has 1 atom stereocenters. The lowest BCUT2D eigenvalue weighted by molar-refractivity contribution is -0.936. The molecule has 0 spiro atoms. The second-order valence-corrected chi connectivity index (χ2v) is 16.8. The first-order valence-corrected chi connectivity index (χ1v) is 19.1. The van der Waals surface area contributed by atoms with E-state index in [0.29, 0.717) is 5.56 Å². The van der Waals surface area contributed by atoms with E-state index < -0.39 is 17.7 Å². The van der Waals surface area contributed by atoms with E-state index in [4.69, 9.17) is 9.72 Å². The molecule has 1 fully saturated rings. The number of pyridine rings is 1. The third-order valence-electron chi connectivity index (χ3n) is 11.6. The maximum atomic E-state index is 13.8. The first-order chi connectivity index (χ1) is 24.0. The van der Waals surface area contributed by atoms with Gasteiger partial charge in [0.1, 0.15) is 18.1 Å². The Bertz CT molecular complexity index is 1710. The fourth-order valence-electron chi connectivity index (χ4n) is 8.05. The number of aliphatic carboxylic acids is 1. The van der Waals surface area contributed by atoms with Gasteiger partial charge in [0.15, 0.2) is 6.10 Å². The van der Waals surface area contributed by atoms with Gasteiger partial charge >= 0.3 is 5.97 Å². The average molecular weight is 702 g/mol. The van der Waals surface area contributed by atoms with E-state index in [1.165, 1.54) is 11.1 Å². The molecule has 0 amide bonds. The summed E-state index contributed by atoms with van der Waals surface area (Å²) in [5, 5.41) is 10.8. The van der Waals surface area contributed by atoms with Gasteiger partial charge in [-0.25, -0.2) is 9.18 Å². The van der Waals surface area contributed by atoms with Gasteiger partial charge in [0.25, 0.3) is 0 Å². The highest BCUT2D eigenvalue weighted by molar-refractivity contribution is 5.88. The standard InChI is InChI=1S/C43H61FN4O3/c1-11-48(12-2,13-3)28-36-38(32-14-15-34-27-46(21-18-31(34)25-32)26-33-16-17-35(44)24-29(33)4)39(47-22-19-43(9,10)20-23-47)37(30(5)45-36)40(41(49)50)51-42(6,7)8/h14-17,24-25,40H,11-13,18-23,26-28H2,1-10H3/p+1. The second-order valence-electron chi connectivity index (χ2n) is 16.8. The summed E-state index contributed by atoms with van der Waals surface area (Å²) in [5.74, 6) is -1.18. The van der Waals surface area contributed by atoms with E-state index in [1.54, 1.807) is 12.1 Å². The second kappa shape index (κ2) is 15.3. The minimum atomic E-state index is -1.15. The van der Waals surface area contributed by atoms with Crippen LogP contribution in [0.4, 0.5) is 10.1 Å². The van der Waals surface area contributed by atoms with Crippen LogP contribution in [-0.2, 0) is 35.6 Å². The number of halogens is 1. The van der Waals surface area contributed by atoms with E-state index in [2.05, 4.69) is 62.6 Å². The monoisotopic (exact) mass is 701 g/mol. The normalized spacial score (nSPS) is 17.4. The third kappa shape index (κ3) is 8.83. The Morgan fingerprint density at radius 3 is 2.25 bits per heavy atom. The summed E-state index contributed by atoms with van der Waals surface area (Å²) in [6, 6.07) is 11.9. The van der Waals surface area contributed by atoms with E-state index >= 15 is 0 Å². The third-order valence-corrected chi connectivity index (χ3v) is 11.6. The molecule has 51 heavy (non-hydrogen) atoms. The van der Waals surface area contributed by atoms with Crippen molar-refractivity contribution in [1.29, 1.82) is 0 Å². The molecule has 2 aromatic carbocycles. The summed E-state index contributed by atoms with van der Waals surface area (Å²) in [6.45, 7) is 29.1. The molecule has 0 saturated carbocycles. The molecule has 8 heteroatoms. The molecule has 1 N–H and O–H groups in total. The zero-order valence-corrected chi connectivity index (χ0v) is 33.0. The summed E-state index contributed by atoms with van der Waals surface area (Å²) in [7, 11) is 0. The Morgan fingerprint density at radius 1 is 1.00 bits per heavy atom. The molecule has 0 bridgehead atoms. The topological polar surface area (TPSA) is 65.9 Å². The smallest absolute Gasteiger partial charge is 0.337 e. The van der Waals surface area contributed by atoms with Crippen LogP contribution in [0, 0.1) is 25.1 Å². The molecule has 278 valence electrons. The largest absolute Gasteiger partial charge is 0.479 e. The van der Waals surface area contributed by atoms with Crippen molar-refractivity contribution in [3.63, 3.8) is 0 Å². The van der Waals surface area contributed by atoms with Gasteiger partial charge in [-0.2, -0.15) is 0 Å². The number of benzene rings is 2. The van der Waals surface area contributed by atoms with Crippen molar-refractivity contribution >= 4 is 11.7 Å². The lowest BCUT2D eigenvalue weighted by Gasteiger charge is -2.42. The highest BCUT2D eigenvalue weighted by Crippen LogP contribution is 2.46. The number of ether oxygens (including phenoxy) is 1. The fourth-order valence-corrected chi connectivity index (χ4v) is 8.05. The number of fused-ring (bicyclic) bond motifs is 1. The fraction of sp³-hybridized carbons (Fsp3) is 0.581. The molecule has 3 aromatic rings. The number of anilines is 1. The number of carboxylic acids is 1. The van der Waals surface area contributed by atoms with Crippen molar-refractivity contribution in [2.45, 2.75) is 120 Å². The van der Waals surface area contributed by atoms with Gasteiger partial charge in [-0.1, -0.05) is 38.1 Å². The van der Waals surface area contributed by atoms with Gasteiger partial charge in [-0.15, -0.1) is 0 Å². The summed E-state index contributed by atoms with van der Waals surface area (Å²) in [4.78, 5) is 23.4.